The molecule has 2 N–H and O–H groups in total. The van der Waals surface area contributed by atoms with E-state index in [1.807, 2.05) is 42.5 Å². The molecule has 3 rings (SSSR count). The van der Waals surface area contributed by atoms with Crippen LogP contribution in [0.5, 0.6) is 5.75 Å². The van der Waals surface area contributed by atoms with Gasteiger partial charge in [-0.15, -0.1) is 0 Å². The molecule has 0 bridgehead atoms. The molecule has 0 atom stereocenters. The molecule has 0 aliphatic carbocycles. The van der Waals surface area contributed by atoms with Crippen LogP contribution in [-0.4, -0.2) is 12.6 Å². The molecule has 6 heteroatoms. The summed E-state index contributed by atoms with van der Waals surface area (Å²) in [6.45, 7) is 2.94. The van der Waals surface area contributed by atoms with Crippen molar-refractivity contribution >= 4 is 39.5 Å². The molecule has 0 aliphatic rings. The summed E-state index contributed by atoms with van der Waals surface area (Å²) in [5.74, 6) is 1.19. The third-order valence-corrected chi connectivity index (χ3v) is 4.69. The molecule has 3 aromatic rings. The quantitative estimate of drug-likeness (QED) is 0.419. The van der Waals surface area contributed by atoms with E-state index >= 15 is 0 Å². The van der Waals surface area contributed by atoms with Crippen LogP contribution in [0, 0.1) is 3.57 Å². The number of halogens is 1. The Morgan fingerprint density at radius 2 is 2.04 bits per heavy atom. The van der Waals surface area contributed by atoms with Gasteiger partial charge in [0.1, 0.15) is 23.7 Å². The maximum absolute atomic E-state index is 11.8. The second-order valence-electron chi connectivity index (χ2n) is 5.79. The van der Waals surface area contributed by atoms with Crippen molar-refractivity contribution in [1.29, 1.82) is 0 Å². The van der Waals surface area contributed by atoms with Crippen LogP contribution in [0.15, 0.2) is 46.9 Å². The van der Waals surface area contributed by atoms with Crippen molar-refractivity contribution in [2.75, 3.05) is 6.61 Å². The van der Waals surface area contributed by atoms with Crippen LogP contribution in [0.25, 0.3) is 11.0 Å². The first-order valence-corrected chi connectivity index (χ1v) is 9.45. The summed E-state index contributed by atoms with van der Waals surface area (Å²) in [5, 5.41) is 1.01. The van der Waals surface area contributed by atoms with E-state index in [1.165, 1.54) is 0 Å². The minimum absolute atomic E-state index is 0.197. The third-order valence-electron chi connectivity index (χ3n) is 3.89. The van der Waals surface area contributed by atoms with Crippen LogP contribution in [0.1, 0.15) is 23.8 Å². The van der Waals surface area contributed by atoms with Crippen LogP contribution in [0.3, 0.4) is 0 Å². The van der Waals surface area contributed by atoms with Crippen molar-refractivity contribution in [2.24, 2.45) is 5.73 Å². The van der Waals surface area contributed by atoms with Crippen molar-refractivity contribution in [2.45, 2.75) is 26.5 Å². The fourth-order valence-corrected chi connectivity index (χ4v) is 3.55. The van der Waals surface area contributed by atoms with E-state index in [4.69, 9.17) is 19.6 Å². The Hall–Kier alpha value is -2.06. The molecule has 5 nitrogen and oxygen atoms in total. The predicted molar refractivity (Wildman–Crippen MR) is 108 cm³/mol. The summed E-state index contributed by atoms with van der Waals surface area (Å²) < 4.78 is 17.7. The predicted octanol–water partition coefficient (Wildman–Crippen LogP) is 4.18. The first-order chi connectivity index (χ1) is 12.6. The number of rotatable bonds is 7. The second-order valence-corrected chi connectivity index (χ2v) is 6.95. The van der Waals surface area contributed by atoms with Gasteiger partial charge in [0.25, 0.3) is 0 Å². The fraction of sp³-hybridized carbons (Fsp3) is 0.250. The summed E-state index contributed by atoms with van der Waals surface area (Å²) in [5.41, 5.74) is 8.34. The second kappa shape index (κ2) is 8.55. The van der Waals surface area contributed by atoms with Crippen LogP contribution < -0.4 is 10.5 Å². The largest absolute Gasteiger partial charge is 0.489 e. The molecule has 0 spiro atoms. The van der Waals surface area contributed by atoms with Gasteiger partial charge in [0.05, 0.1) is 23.1 Å². The van der Waals surface area contributed by atoms with Gasteiger partial charge in [-0.2, -0.15) is 0 Å². The Balaban J connectivity index is 1.77. The Bertz CT molecular complexity index is 919. The number of ether oxygens (including phenoxy) is 2. The molecule has 1 aromatic heterocycles. The van der Waals surface area contributed by atoms with Gasteiger partial charge >= 0.3 is 5.97 Å². The number of para-hydroxylation sites is 1. The summed E-state index contributed by atoms with van der Waals surface area (Å²) in [6.07, 6.45) is 0.197. The lowest BCUT2D eigenvalue weighted by Gasteiger charge is -2.11. The third kappa shape index (κ3) is 4.37. The van der Waals surface area contributed by atoms with Crippen molar-refractivity contribution < 1.29 is 18.7 Å². The van der Waals surface area contributed by atoms with Gasteiger partial charge in [-0.1, -0.05) is 18.2 Å². The number of benzene rings is 2. The highest BCUT2D eigenvalue weighted by Gasteiger charge is 2.12. The Morgan fingerprint density at radius 3 is 2.81 bits per heavy atom. The highest BCUT2D eigenvalue weighted by atomic mass is 127. The number of carbonyl (C=O) groups is 1. The van der Waals surface area contributed by atoms with E-state index in [9.17, 15) is 4.79 Å². The van der Waals surface area contributed by atoms with Crippen LogP contribution in [-0.2, 0) is 29.1 Å². The molecule has 0 amide bonds. The lowest BCUT2D eigenvalue weighted by molar-refractivity contribution is -0.142. The monoisotopic (exact) mass is 465 g/mol. The highest BCUT2D eigenvalue weighted by Crippen LogP contribution is 2.27. The van der Waals surface area contributed by atoms with Gasteiger partial charge in [-0.05, 0) is 59.3 Å². The minimum atomic E-state index is -0.257. The first kappa shape index (κ1) is 18.7. The van der Waals surface area contributed by atoms with Gasteiger partial charge in [0, 0.05) is 10.9 Å². The van der Waals surface area contributed by atoms with E-state index in [0.29, 0.717) is 25.5 Å². The first-order valence-electron chi connectivity index (χ1n) is 8.38. The lowest BCUT2D eigenvalue weighted by atomic mass is 10.1. The molecule has 136 valence electrons. The molecule has 0 fully saturated rings. The summed E-state index contributed by atoms with van der Waals surface area (Å²) >= 11 is 2.25. The number of nitrogens with two attached hydrogens (primary N) is 1. The zero-order chi connectivity index (χ0) is 18.5. The standard InChI is InChI=1S/C20H20INO4/c1-2-24-19(23)10-14-5-3-4-6-18(14)25-12-13-7-15-9-16(11-22)26-20(15)17(21)8-13/h3-9H,2,10-12,22H2,1H3. The molecule has 26 heavy (non-hydrogen) atoms. The highest BCUT2D eigenvalue weighted by molar-refractivity contribution is 14.1. The van der Waals surface area contributed by atoms with Crippen LogP contribution >= 0.6 is 22.6 Å². The minimum Gasteiger partial charge on any atom is -0.489 e. The van der Waals surface area contributed by atoms with Gasteiger partial charge in [0.2, 0.25) is 0 Å². The Kier molecular flexibility index (Phi) is 6.16. The molecule has 0 unspecified atom stereocenters. The number of carbonyl (C=O) groups excluding carboxylic acids is 1. The molecule has 0 radical (unpaired) electrons. The Labute approximate surface area is 165 Å². The topological polar surface area (TPSA) is 74.7 Å². The van der Waals surface area contributed by atoms with Gasteiger partial charge < -0.3 is 19.6 Å². The number of hydrogen-bond acceptors (Lipinski definition) is 5. The van der Waals surface area contributed by atoms with Gasteiger partial charge in [-0.25, -0.2) is 0 Å². The summed E-state index contributed by atoms with van der Waals surface area (Å²) in [7, 11) is 0. The number of hydrogen-bond donors (Lipinski definition) is 1. The maximum Gasteiger partial charge on any atom is 0.310 e. The van der Waals surface area contributed by atoms with Crippen LogP contribution in [0.4, 0.5) is 0 Å². The molecule has 2 aromatic carbocycles. The van der Waals surface area contributed by atoms with E-state index in [0.717, 1.165) is 31.4 Å². The van der Waals surface area contributed by atoms with E-state index in [1.54, 1.807) is 6.92 Å². The number of fused-ring (bicyclic) bond motifs is 1. The maximum atomic E-state index is 11.8. The average molecular weight is 465 g/mol. The average Bonchev–Trinajstić information content (AvgIpc) is 3.05. The van der Waals surface area contributed by atoms with Crippen molar-refractivity contribution in [3.8, 4) is 5.75 Å². The zero-order valence-corrected chi connectivity index (χ0v) is 16.6. The summed E-state index contributed by atoms with van der Waals surface area (Å²) in [6, 6.07) is 13.5. The van der Waals surface area contributed by atoms with Gasteiger partial charge in [-0.3, -0.25) is 4.79 Å². The van der Waals surface area contributed by atoms with Gasteiger partial charge in [0.15, 0.2) is 0 Å². The molecule has 1 heterocycles. The lowest BCUT2D eigenvalue weighted by Crippen LogP contribution is -2.09. The smallest absolute Gasteiger partial charge is 0.310 e. The summed E-state index contributed by atoms with van der Waals surface area (Å²) in [4.78, 5) is 11.8. The van der Waals surface area contributed by atoms with Crippen molar-refractivity contribution in [1.82, 2.24) is 0 Å². The normalized spacial score (nSPS) is 10.9. The van der Waals surface area contributed by atoms with E-state index in [2.05, 4.69) is 22.6 Å². The van der Waals surface area contributed by atoms with E-state index < -0.39 is 0 Å². The van der Waals surface area contributed by atoms with Crippen molar-refractivity contribution in [3.63, 3.8) is 0 Å². The van der Waals surface area contributed by atoms with Crippen molar-refractivity contribution in [3.05, 3.63) is 62.9 Å². The number of furan rings is 1. The van der Waals surface area contributed by atoms with E-state index in [-0.39, 0.29) is 12.4 Å². The zero-order valence-electron chi connectivity index (χ0n) is 14.5. The molecule has 0 aliphatic heterocycles. The molecular weight excluding hydrogens is 445 g/mol. The van der Waals surface area contributed by atoms with Crippen LogP contribution in [0.2, 0.25) is 0 Å². The Morgan fingerprint density at radius 1 is 1.23 bits per heavy atom. The molecular formula is C20H20INO4. The number of esters is 1. The SMILES string of the molecule is CCOC(=O)Cc1ccccc1OCc1cc(I)c2oc(CN)cc2c1. The molecule has 0 saturated heterocycles. The molecule has 0 saturated carbocycles. The fourth-order valence-electron chi connectivity index (χ4n) is 2.73.